The second-order valence-corrected chi connectivity index (χ2v) is 7.64. The summed E-state index contributed by atoms with van der Waals surface area (Å²) in [4.78, 5) is 13.4. The van der Waals surface area contributed by atoms with Crippen LogP contribution in [0, 0.1) is 0 Å². The van der Waals surface area contributed by atoms with Gasteiger partial charge in [0, 0.05) is 18.5 Å². The summed E-state index contributed by atoms with van der Waals surface area (Å²) in [6.07, 6.45) is 0. The van der Waals surface area contributed by atoms with E-state index in [2.05, 4.69) is 0 Å². The Labute approximate surface area is 171 Å². The summed E-state index contributed by atoms with van der Waals surface area (Å²) in [6.45, 7) is 3.22. The molecule has 8 nitrogen and oxygen atoms in total. The number of phenols is 1. The van der Waals surface area contributed by atoms with Crippen LogP contribution in [-0.2, 0) is 12.6 Å². The van der Waals surface area contributed by atoms with Gasteiger partial charge in [0.05, 0.1) is 37.6 Å². The molecule has 2 heterocycles. The van der Waals surface area contributed by atoms with Crippen LogP contribution in [0.1, 0.15) is 19.6 Å². The van der Waals surface area contributed by atoms with Crippen molar-refractivity contribution < 1.29 is 28.8 Å². The normalized spacial score (nSPS) is 12.1. The van der Waals surface area contributed by atoms with Gasteiger partial charge >= 0.3 is 0 Å². The lowest BCUT2D eigenvalue weighted by Crippen LogP contribution is -2.13. The molecular weight excluding hydrogens is 390 g/mol. The molecule has 0 aliphatic rings. The number of aryl methyl sites for hydroxylation is 1. The van der Waals surface area contributed by atoms with Crippen molar-refractivity contribution in [3.8, 4) is 23.0 Å². The Hall–Kier alpha value is -3.39. The van der Waals surface area contributed by atoms with Crippen molar-refractivity contribution in [1.82, 2.24) is 4.57 Å². The van der Waals surface area contributed by atoms with E-state index < -0.39 is 5.60 Å². The van der Waals surface area contributed by atoms with Crippen molar-refractivity contribution in [3.63, 3.8) is 0 Å². The van der Waals surface area contributed by atoms with Crippen LogP contribution < -0.4 is 19.6 Å². The number of hydrogen-bond acceptors (Lipinski definition) is 7. The summed E-state index contributed by atoms with van der Waals surface area (Å²) < 4.78 is 24.1. The number of rotatable bonds is 4. The molecule has 0 spiro atoms. The van der Waals surface area contributed by atoms with Gasteiger partial charge in [-0.2, -0.15) is 0 Å². The fourth-order valence-electron chi connectivity index (χ4n) is 3.89. The third kappa shape index (κ3) is 2.60. The summed E-state index contributed by atoms with van der Waals surface area (Å²) in [7, 11) is 6.13. The molecule has 2 N–H and O–H groups in total. The average molecular weight is 413 g/mol. The molecule has 4 aromatic rings. The molecule has 2 aromatic carbocycles. The van der Waals surface area contributed by atoms with Crippen LogP contribution in [-0.4, -0.2) is 36.1 Å². The predicted molar refractivity (Wildman–Crippen MR) is 113 cm³/mol. The molecule has 158 valence electrons. The van der Waals surface area contributed by atoms with Gasteiger partial charge in [-0.15, -0.1) is 0 Å². The van der Waals surface area contributed by atoms with Gasteiger partial charge in [0.25, 0.3) is 0 Å². The maximum absolute atomic E-state index is 13.4. The van der Waals surface area contributed by atoms with Gasteiger partial charge in [0.1, 0.15) is 22.6 Å². The van der Waals surface area contributed by atoms with Gasteiger partial charge in [-0.05, 0) is 26.0 Å². The third-order valence-electron chi connectivity index (χ3n) is 5.31. The number of aliphatic hydroxyl groups is 1. The number of aromatic nitrogens is 1. The van der Waals surface area contributed by atoms with Crippen LogP contribution in [0.3, 0.4) is 0 Å². The minimum Gasteiger partial charge on any atom is -0.507 e. The molecule has 0 radical (unpaired) electrons. The van der Waals surface area contributed by atoms with E-state index in [1.165, 1.54) is 27.4 Å². The number of nitrogens with zero attached hydrogens (tertiary/aromatic N) is 1. The molecule has 0 saturated heterocycles. The first kappa shape index (κ1) is 19.9. The standard InChI is InChI=1S/C22H23NO7/c1-22(2,26)14-8-10-7-11-16(21(29-6)19(10)30-14)23(3)17-15(18(11)25)12(24)9-13(27-4)20(17)28-5/h7-9,24,26H,1-6H3. The second-order valence-electron chi connectivity index (χ2n) is 7.64. The first-order valence-corrected chi connectivity index (χ1v) is 9.27. The van der Waals surface area contributed by atoms with Crippen LogP contribution in [0.4, 0.5) is 0 Å². The summed E-state index contributed by atoms with van der Waals surface area (Å²) in [6, 6.07) is 4.70. The van der Waals surface area contributed by atoms with Gasteiger partial charge in [-0.1, -0.05) is 0 Å². The Morgan fingerprint density at radius 3 is 2.23 bits per heavy atom. The van der Waals surface area contributed by atoms with E-state index in [4.69, 9.17) is 18.6 Å². The predicted octanol–water partition coefficient (Wildman–Crippen LogP) is 3.40. The van der Waals surface area contributed by atoms with E-state index in [1.807, 2.05) is 0 Å². The number of pyridine rings is 1. The molecule has 0 aliphatic carbocycles. The molecule has 8 heteroatoms. The molecule has 0 amide bonds. The number of benzene rings is 2. The molecular formula is C22H23NO7. The van der Waals surface area contributed by atoms with E-state index >= 15 is 0 Å². The van der Waals surface area contributed by atoms with Crippen LogP contribution in [0.25, 0.3) is 32.8 Å². The van der Waals surface area contributed by atoms with Crippen LogP contribution in [0.5, 0.6) is 23.0 Å². The lowest BCUT2D eigenvalue weighted by molar-refractivity contribution is 0.0558. The van der Waals surface area contributed by atoms with E-state index in [1.54, 1.807) is 37.6 Å². The number of phenolic OH excluding ortho intramolecular Hbond substituents is 1. The summed E-state index contributed by atoms with van der Waals surface area (Å²) >= 11 is 0. The van der Waals surface area contributed by atoms with Crippen molar-refractivity contribution in [2.24, 2.45) is 7.05 Å². The molecule has 0 fully saturated rings. The highest BCUT2D eigenvalue weighted by Gasteiger charge is 2.27. The molecule has 0 saturated carbocycles. The maximum Gasteiger partial charge on any atom is 0.201 e. The minimum absolute atomic E-state index is 0.107. The minimum atomic E-state index is -1.21. The number of furan rings is 1. The zero-order valence-electron chi connectivity index (χ0n) is 17.6. The van der Waals surface area contributed by atoms with Gasteiger partial charge in [-0.25, -0.2) is 0 Å². The molecule has 4 rings (SSSR count). The van der Waals surface area contributed by atoms with Crippen molar-refractivity contribution >= 4 is 32.8 Å². The van der Waals surface area contributed by atoms with E-state index in [0.29, 0.717) is 50.4 Å². The van der Waals surface area contributed by atoms with E-state index in [0.717, 1.165) is 0 Å². The van der Waals surface area contributed by atoms with E-state index in [9.17, 15) is 15.0 Å². The first-order valence-electron chi connectivity index (χ1n) is 9.27. The Kier molecular flexibility index (Phi) is 4.36. The quantitative estimate of drug-likeness (QED) is 0.494. The highest BCUT2D eigenvalue weighted by Crippen LogP contribution is 2.43. The summed E-state index contributed by atoms with van der Waals surface area (Å²) in [5.74, 6) is 1.06. The van der Waals surface area contributed by atoms with Crippen LogP contribution in [0.15, 0.2) is 27.4 Å². The van der Waals surface area contributed by atoms with Crippen molar-refractivity contribution in [2.75, 3.05) is 21.3 Å². The molecule has 30 heavy (non-hydrogen) atoms. The monoisotopic (exact) mass is 413 g/mol. The fraction of sp³-hybridized carbons (Fsp3) is 0.318. The molecule has 0 unspecified atom stereocenters. The Morgan fingerprint density at radius 1 is 1.00 bits per heavy atom. The van der Waals surface area contributed by atoms with Crippen LogP contribution >= 0.6 is 0 Å². The zero-order valence-corrected chi connectivity index (χ0v) is 17.6. The first-order chi connectivity index (χ1) is 14.1. The second kappa shape index (κ2) is 6.56. The molecule has 0 aliphatic heterocycles. The Balaban J connectivity index is 2.30. The van der Waals surface area contributed by atoms with Crippen molar-refractivity contribution in [3.05, 3.63) is 34.2 Å². The SMILES string of the molecule is COc1cc(O)c2c(=O)c3cc4cc(C(C)(C)O)oc4c(OC)c3n(C)c2c1OC. The van der Waals surface area contributed by atoms with Gasteiger partial charge < -0.3 is 33.4 Å². The van der Waals surface area contributed by atoms with Gasteiger partial charge in [-0.3, -0.25) is 4.79 Å². The number of aromatic hydroxyl groups is 1. The number of fused-ring (bicyclic) bond motifs is 3. The van der Waals surface area contributed by atoms with Crippen molar-refractivity contribution in [1.29, 1.82) is 0 Å². The largest absolute Gasteiger partial charge is 0.507 e. The Morgan fingerprint density at radius 2 is 1.67 bits per heavy atom. The highest BCUT2D eigenvalue weighted by molar-refractivity contribution is 6.08. The summed E-state index contributed by atoms with van der Waals surface area (Å²) in [5, 5.41) is 22.0. The lowest BCUT2D eigenvalue weighted by atomic mass is 10.0. The Bertz CT molecular complexity index is 1370. The molecule has 2 aromatic heterocycles. The smallest absolute Gasteiger partial charge is 0.201 e. The number of hydrogen-bond donors (Lipinski definition) is 2. The van der Waals surface area contributed by atoms with Crippen LogP contribution in [0.2, 0.25) is 0 Å². The summed E-state index contributed by atoms with van der Waals surface area (Å²) in [5.41, 5.74) is -0.368. The molecule has 0 atom stereocenters. The third-order valence-corrected chi connectivity index (χ3v) is 5.31. The maximum atomic E-state index is 13.4. The van der Waals surface area contributed by atoms with Crippen molar-refractivity contribution in [2.45, 2.75) is 19.4 Å². The van der Waals surface area contributed by atoms with Gasteiger partial charge in [0.15, 0.2) is 22.8 Å². The highest BCUT2D eigenvalue weighted by atomic mass is 16.5. The molecule has 0 bridgehead atoms. The average Bonchev–Trinajstić information content (AvgIpc) is 3.14. The number of ether oxygens (including phenoxy) is 3. The topological polar surface area (TPSA) is 103 Å². The van der Waals surface area contributed by atoms with Gasteiger partial charge in [0.2, 0.25) is 5.43 Å². The number of methoxy groups -OCH3 is 3. The zero-order chi connectivity index (χ0) is 22.0. The lowest BCUT2D eigenvalue weighted by Gasteiger charge is -2.18. The fourth-order valence-corrected chi connectivity index (χ4v) is 3.89. The van der Waals surface area contributed by atoms with E-state index in [-0.39, 0.29) is 16.6 Å².